The van der Waals surface area contributed by atoms with Crippen molar-refractivity contribution in [3.63, 3.8) is 0 Å². The Morgan fingerprint density at radius 1 is 1.03 bits per heavy atom. The summed E-state index contributed by atoms with van der Waals surface area (Å²) in [5.74, 6) is -0.372. The van der Waals surface area contributed by atoms with Crippen molar-refractivity contribution in [2.24, 2.45) is 0 Å². The molecule has 1 aliphatic heterocycles. The molecule has 1 heterocycles. The van der Waals surface area contributed by atoms with E-state index in [0.717, 1.165) is 11.3 Å². The van der Waals surface area contributed by atoms with Crippen LogP contribution in [0.5, 0.6) is 11.5 Å². The molecular weight excluding hydrogens is 384 g/mol. The van der Waals surface area contributed by atoms with Crippen LogP contribution in [0.4, 0.5) is 10.5 Å². The molecule has 0 spiro atoms. The van der Waals surface area contributed by atoms with Crippen LogP contribution in [0.15, 0.2) is 54.1 Å². The summed E-state index contributed by atoms with van der Waals surface area (Å²) < 4.78 is 11.3. The summed E-state index contributed by atoms with van der Waals surface area (Å²) in [5, 5.41) is 2.22. The summed E-state index contributed by atoms with van der Waals surface area (Å²) in [7, 11) is 0. The fraction of sp³-hybridized carbons (Fsp3) is 0.261. The fourth-order valence-electron chi connectivity index (χ4n) is 2.92. The zero-order valence-electron chi connectivity index (χ0n) is 17.2. The normalized spacial score (nSPS) is 16.4. The third kappa shape index (κ3) is 4.51. The van der Waals surface area contributed by atoms with Gasteiger partial charge in [0, 0.05) is 0 Å². The summed E-state index contributed by atoms with van der Waals surface area (Å²) >= 11 is 0. The number of nitrogens with one attached hydrogen (secondary N) is 1. The average Bonchev–Trinajstić information content (AvgIpc) is 2.73. The Bertz CT molecular complexity index is 981. The molecule has 7 heteroatoms. The Morgan fingerprint density at radius 3 is 2.40 bits per heavy atom. The van der Waals surface area contributed by atoms with E-state index in [-0.39, 0.29) is 17.4 Å². The minimum Gasteiger partial charge on any atom is -0.492 e. The van der Waals surface area contributed by atoms with Gasteiger partial charge in [-0.3, -0.25) is 14.9 Å². The third-order valence-electron chi connectivity index (χ3n) is 4.61. The number of amides is 4. The van der Waals surface area contributed by atoms with Gasteiger partial charge in [0.15, 0.2) is 0 Å². The molecule has 156 valence electrons. The lowest BCUT2D eigenvalue weighted by Crippen LogP contribution is -2.54. The lowest BCUT2D eigenvalue weighted by atomic mass is 10.1. The van der Waals surface area contributed by atoms with E-state index in [9.17, 15) is 14.4 Å². The van der Waals surface area contributed by atoms with Gasteiger partial charge in [-0.1, -0.05) is 31.2 Å². The van der Waals surface area contributed by atoms with Crippen LogP contribution < -0.4 is 19.7 Å². The number of urea groups is 1. The van der Waals surface area contributed by atoms with E-state index in [4.69, 9.17) is 9.47 Å². The van der Waals surface area contributed by atoms with Crippen LogP contribution in [0.1, 0.15) is 32.8 Å². The summed E-state index contributed by atoms with van der Waals surface area (Å²) in [6, 6.07) is 12.9. The molecule has 0 aliphatic carbocycles. The number of carbonyl (C=O) groups is 3. The summed E-state index contributed by atoms with van der Waals surface area (Å²) in [6.45, 7) is 6.19. The van der Waals surface area contributed by atoms with Gasteiger partial charge < -0.3 is 9.47 Å². The fourth-order valence-corrected chi connectivity index (χ4v) is 2.92. The minimum atomic E-state index is -0.813. The minimum absolute atomic E-state index is 0.0879. The number of hydrogen-bond donors (Lipinski definition) is 1. The molecule has 0 bridgehead atoms. The Morgan fingerprint density at radius 2 is 1.73 bits per heavy atom. The van der Waals surface area contributed by atoms with Crippen LogP contribution in [0, 0.1) is 0 Å². The lowest BCUT2D eigenvalue weighted by Gasteiger charge is -2.27. The molecule has 30 heavy (non-hydrogen) atoms. The first kappa shape index (κ1) is 21.1. The highest BCUT2D eigenvalue weighted by Crippen LogP contribution is 2.31. The zero-order chi connectivity index (χ0) is 21.7. The number of benzene rings is 2. The van der Waals surface area contributed by atoms with Crippen LogP contribution in [-0.2, 0) is 9.59 Å². The second-order valence-electron chi connectivity index (χ2n) is 6.76. The van der Waals surface area contributed by atoms with Crippen molar-refractivity contribution in [1.82, 2.24) is 5.32 Å². The summed E-state index contributed by atoms with van der Waals surface area (Å²) in [5.41, 5.74) is 0.770. The van der Waals surface area contributed by atoms with Crippen molar-refractivity contribution in [1.29, 1.82) is 0 Å². The SMILES string of the molecule is CCOc1ccccc1N1C(=O)NC(=O)/C(=C\c2ccc(O[C@@H](C)CC)cc2)C1=O. The van der Waals surface area contributed by atoms with Crippen LogP contribution in [-0.4, -0.2) is 30.6 Å². The number of carbonyl (C=O) groups excluding carboxylic acids is 3. The molecular formula is C23H24N2O5. The monoisotopic (exact) mass is 408 g/mol. The van der Waals surface area contributed by atoms with E-state index in [0.29, 0.717) is 23.7 Å². The van der Waals surface area contributed by atoms with E-state index in [1.54, 1.807) is 55.5 Å². The Hall–Kier alpha value is -3.61. The van der Waals surface area contributed by atoms with E-state index in [1.807, 2.05) is 13.8 Å². The third-order valence-corrected chi connectivity index (χ3v) is 4.61. The Balaban J connectivity index is 1.91. The van der Waals surface area contributed by atoms with Crippen LogP contribution in [0.2, 0.25) is 0 Å². The molecule has 2 aromatic rings. The number of rotatable bonds is 7. The quantitative estimate of drug-likeness (QED) is 0.554. The molecule has 0 aromatic heterocycles. The maximum absolute atomic E-state index is 13.1. The van der Waals surface area contributed by atoms with Gasteiger partial charge >= 0.3 is 6.03 Å². The lowest BCUT2D eigenvalue weighted by molar-refractivity contribution is -0.122. The molecule has 1 N–H and O–H groups in total. The predicted octanol–water partition coefficient (Wildman–Crippen LogP) is 3.93. The van der Waals surface area contributed by atoms with Crippen LogP contribution in [0.3, 0.4) is 0 Å². The molecule has 0 saturated carbocycles. The number of imide groups is 2. The molecule has 1 saturated heterocycles. The molecule has 0 radical (unpaired) electrons. The topological polar surface area (TPSA) is 84.9 Å². The van der Waals surface area contributed by atoms with Gasteiger partial charge in [0.2, 0.25) is 0 Å². The van der Waals surface area contributed by atoms with Crippen molar-refractivity contribution >= 4 is 29.6 Å². The number of barbiturate groups is 1. The molecule has 4 amide bonds. The predicted molar refractivity (Wildman–Crippen MR) is 113 cm³/mol. The number of hydrogen-bond acceptors (Lipinski definition) is 5. The van der Waals surface area contributed by atoms with E-state index in [1.165, 1.54) is 6.08 Å². The molecule has 2 aromatic carbocycles. The number of nitrogens with zero attached hydrogens (tertiary/aromatic N) is 1. The highest BCUT2D eigenvalue weighted by molar-refractivity contribution is 6.39. The first-order valence-corrected chi connectivity index (χ1v) is 9.84. The first-order valence-electron chi connectivity index (χ1n) is 9.84. The highest BCUT2D eigenvalue weighted by Gasteiger charge is 2.38. The average molecular weight is 408 g/mol. The van der Waals surface area contributed by atoms with Crippen molar-refractivity contribution in [2.75, 3.05) is 11.5 Å². The van der Waals surface area contributed by atoms with Crippen LogP contribution in [0.25, 0.3) is 6.08 Å². The second kappa shape index (κ2) is 9.26. The molecule has 1 aliphatic rings. The molecule has 3 rings (SSSR count). The summed E-state index contributed by atoms with van der Waals surface area (Å²) in [6.07, 6.45) is 2.42. The Kier molecular flexibility index (Phi) is 6.51. The largest absolute Gasteiger partial charge is 0.492 e. The number of anilines is 1. The van der Waals surface area contributed by atoms with Gasteiger partial charge in [0.05, 0.1) is 18.4 Å². The molecule has 1 fully saturated rings. The van der Waals surface area contributed by atoms with E-state index >= 15 is 0 Å². The van der Waals surface area contributed by atoms with Crippen molar-refractivity contribution in [3.8, 4) is 11.5 Å². The standard InChI is InChI=1S/C23H24N2O5/c1-4-15(3)30-17-12-10-16(11-13-17)14-18-21(26)24-23(28)25(22(18)27)19-8-6-7-9-20(19)29-5-2/h6-15H,4-5H2,1-3H3,(H,24,26,28)/b18-14+/t15-/m0/s1. The maximum Gasteiger partial charge on any atom is 0.336 e. The van der Waals surface area contributed by atoms with Crippen molar-refractivity contribution < 1.29 is 23.9 Å². The van der Waals surface area contributed by atoms with Gasteiger partial charge in [0.1, 0.15) is 17.1 Å². The molecule has 1 atom stereocenters. The highest BCUT2D eigenvalue weighted by atomic mass is 16.5. The first-order chi connectivity index (χ1) is 14.4. The van der Waals surface area contributed by atoms with Gasteiger partial charge in [-0.25, -0.2) is 9.69 Å². The summed E-state index contributed by atoms with van der Waals surface area (Å²) in [4.78, 5) is 38.7. The molecule has 0 unspecified atom stereocenters. The van der Waals surface area contributed by atoms with Crippen LogP contribution >= 0.6 is 0 Å². The van der Waals surface area contributed by atoms with Crippen molar-refractivity contribution in [2.45, 2.75) is 33.3 Å². The van der Waals surface area contributed by atoms with Gasteiger partial charge in [-0.05, 0) is 56.2 Å². The van der Waals surface area contributed by atoms with Crippen molar-refractivity contribution in [3.05, 3.63) is 59.7 Å². The Labute approximate surface area is 175 Å². The molecule has 7 nitrogen and oxygen atoms in total. The number of para-hydroxylation sites is 2. The van der Waals surface area contributed by atoms with E-state index in [2.05, 4.69) is 5.32 Å². The van der Waals surface area contributed by atoms with Gasteiger partial charge in [0.25, 0.3) is 11.8 Å². The smallest absolute Gasteiger partial charge is 0.336 e. The zero-order valence-corrected chi connectivity index (χ0v) is 17.2. The van der Waals surface area contributed by atoms with E-state index < -0.39 is 17.8 Å². The number of ether oxygens (including phenoxy) is 2. The maximum atomic E-state index is 13.1. The second-order valence-corrected chi connectivity index (χ2v) is 6.76. The van der Waals surface area contributed by atoms with Gasteiger partial charge in [-0.15, -0.1) is 0 Å². The van der Waals surface area contributed by atoms with Gasteiger partial charge in [-0.2, -0.15) is 0 Å².